The number of hydrogen-bond donors (Lipinski definition) is 0. The van der Waals surface area contributed by atoms with Crippen molar-refractivity contribution in [3.05, 3.63) is 53.6 Å². The van der Waals surface area contributed by atoms with Gasteiger partial charge in [-0.2, -0.15) is 10.5 Å². The van der Waals surface area contributed by atoms with Crippen LogP contribution in [0.3, 0.4) is 0 Å². The molecule has 3 rings (SSSR count). The summed E-state index contributed by atoms with van der Waals surface area (Å²) in [5, 5.41) is 18.7. The van der Waals surface area contributed by atoms with Crippen LogP contribution in [0.25, 0.3) is 22.3 Å². The Balaban J connectivity index is 2.12. The minimum absolute atomic E-state index is 0.470. The van der Waals surface area contributed by atoms with Crippen LogP contribution in [0, 0.1) is 22.7 Å². The van der Waals surface area contributed by atoms with Crippen LogP contribution in [-0.4, -0.2) is 7.11 Å². The molecule has 0 fully saturated rings. The molecule has 4 heteroatoms. The van der Waals surface area contributed by atoms with Crippen molar-refractivity contribution >= 4 is 11.0 Å². The number of ether oxygens (including phenoxy) is 1. The zero-order valence-electron chi connectivity index (χ0n) is 11.3. The fraction of sp³-hybridized carbons (Fsp3) is 0.0588. The molecule has 1 heterocycles. The van der Waals surface area contributed by atoms with Gasteiger partial charge in [0.1, 0.15) is 23.2 Å². The summed E-state index contributed by atoms with van der Waals surface area (Å²) < 4.78 is 11.0. The molecule has 21 heavy (non-hydrogen) atoms. The molecule has 0 spiro atoms. The summed E-state index contributed by atoms with van der Waals surface area (Å²) in [5.41, 5.74) is 2.60. The molecule has 4 nitrogen and oxygen atoms in total. The van der Waals surface area contributed by atoms with Crippen LogP contribution in [0.15, 0.2) is 46.9 Å². The molecule has 0 saturated heterocycles. The quantitative estimate of drug-likeness (QED) is 0.711. The highest BCUT2D eigenvalue weighted by Gasteiger charge is 2.11. The zero-order chi connectivity index (χ0) is 14.8. The van der Waals surface area contributed by atoms with E-state index in [-0.39, 0.29) is 0 Å². The molecular formula is C17H10N2O2. The van der Waals surface area contributed by atoms with E-state index in [4.69, 9.17) is 19.7 Å². The number of rotatable bonds is 2. The van der Waals surface area contributed by atoms with Crippen molar-refractivity contribution in [2.24, 2.45) is 0 Å². The molecule has 0 N–H and O–H groups in total. The normalized spacial score (nSPS) is 10.0. The Bertz CT molecular complexity index is 893. The molecule has 0 bridgehead atoms. The second-order valence-corrected chi connectivity index (χ2v) is 4.50. The van der Waals surface area contributed by atoms with Crippen LogP contribution < -0.4 is 4.74 Å². The number of benzene rings is 2. The maximum atomic E-state index is 9.10. The van der Waals surface area contributed by atoms with E-state index in [1.165, 1.54) is 7.11 Å². The lowest BCUT2D eigenvalue weighted by Crippen LogP contribution is -1.86. The summed E-state index contributed by atoms with van der Waals surface area (Å²) in [4.78, 5) is 0. The maximum Gasteiger partial charge on any atom is 0.140 e. The van der Waals surface area contributed by atoms with Gasteiger partial charge in [0.25, 0.3) is 0 Å². The van der Waals surface area contributed by atoms with E-state index in [2.05, 4.69) is 12.1 Å². The van der Waals surface area contributed by atoms with Crippen molar-refractivity contribution in [1.29, 1.82) is 10.5 Å². The lowest BCUT2D eigenvalue weighted by atomic mass is 10.1. The van der Waals surface area contributed by atoms with Crippen LogP contribution in [0.4, 0.5) is 0 Å². The fourth-order valence-electron chi connectivity index (χ4n) is 2.18. The van der Waals surface area contributed by atoms with Crippen LogP contribution in [0.2, 0.25) is 0 Å². The van der Waals surface area contributed by atoms with Gasteiger partial charge in [-0.15, -0.1) is 0 Å². The van der Waals surface area contributed by atoms with E-state index in [0.29, 0.717) is 28.2 Å². The first-order valence-corrected chi connectivity index (χ1v) is 6.27. The first-order valence-electron chi connectivity index (χ1n) is 6.27. The van der Waals surface area contributed by atoms with Crippen LogP contribution in [0.1, 0.15) is 11.1 Å². The van der Waals surface area contributed by atoms with Gasteiger partial charge in [0.15, 0.2) is 0 Å². The lowest BCUT2D eigenvalue weighted by Gasteiger charge is -2.00. The molecule has 0 atom stereocenters. The third-order valence-electron chi connectivity index (χ3n) is 3.26. The summed E-state index contributed by atoms with van der Waals surface area (Å²) in [6.45, 7) is 0. The summed E-state index contributed by atoms with van der Waals surface area (Å²) in [6.07, 6.45) is 0. The third kappa shape index (κ3) is 2.20. The highest BCUT2D eigenvalue weighted by molar-refractivity contribution is 5.85. The zero-order valence-corrected chi connectivity index (χ0v) is 11.3. The van der Waals surface area contributed by atoms with E-state index in [0.717, 1.165) is 10.9 Å². The molecule has 0 aliphatic carbocycles. The highest BCUT2D eigenvalue weighted by atomic mass is 16.5. The van der Waals surface area contributed by atoms with E-state index in [1.54, 1.807) is 24.3 Å². The van der Waals surface area contributed by atoms with Crippen molar-refractivity contribution in [2.75, 3.05) is 7.11 Å². The van der Waals surface area contributed by atoms with Gasteiger partial charge >= 0.3 is 0 Å². The second-order valence-electron chi connectivity index (χ2n) is 4.50. The van der Waals surface area contributed by atoms with Crippen molar-refractivity contribution in [3.63, 3.8) is 0 Å². The van der Waals surface area contributed by atoms with Gasteiger partial charge < -0.3 is 9.15 Å². The lowest BCUT2D eigenvalue weighted by molar-refractivity contribution is 0.413. The first-order chi connectivity index (χ1) is 10.2. The second kappa shape index (κ2) is 5.03. The number of fused-ring (bicyclic) bond motifs is 1. The molecule has 0 aliphatic heterocycles. The highest BCUT2D eigenvalue weighted by Crippen LogP contribution is 2.32. The average molecular weight is 274 g/mol. The molecule has 0 unspecified atom stereocenters. The van der Waals surface area contributed by atoms with Gasteiger partial charge in [-0.1, -0.05) is 0 Å². The van der Waals surface area contributed by atoms with Crippen molar-refractivity contribution in [1.82, 2.24) is 0 Å². The molecule has 3 aromatic rings. The van der Waals surface area contributed by atoms with Gasteiger partial charge in [-0.3, -0.25) is 0 Å². The molecule has 1 aromatic heterocycles. The average Bonchev–Trinajstić information content (AvgIpc) is 2.96. The van der Waals surface area contributed by atoms with Gasteiger partial charge in [0.2, 0.25) is 0 Å². The van der Waals surface area contributed by atoms with Crippen molar-refractivity contribution < 1.29 is 9.15 Å². The molecule has 0 saturated carbocycles. The Labute approximate surface area is 121 Å². The molecule has 100 valence electrons. The van der Waals surface area contributed by atoms with Crippen LogP contribution >= 0.6 is 0 Å². The number of furan rings is 1. The Morgan fingerprint density at radius 1 is 1.00 bits per heavy atom. The molecule has 0 radical (unpaired) electrons. The van der Waals surface area contributed by atoms with Gasteiger partial charge in [-0.25, -0.2) is 0 Å². The Hall–Kier alpha value is -3.24. The Morgan fingerprint density at radius 3 is 2.38 bits per heavy atom. The molecule has 0 aliphatic rings. The van der Waals surface area contributed by atoms with Crippen LogP contribution in [0.5, 0.6) is 5.75 Å². The standard InChI is InChI=1S/C17H10N2O2/c1-20-15-8-17-13(6-14(15)10-19)7-16(21-17)12-4-2-11(9-18)3-5-12/h2-8H,1H3. The number of nitrogens with zero attached hydrogens (tertiary/aromatic N) is 2. The SMILES string of the molecule is COc1cc2oc(-c3ccc(C#N)cc3)cc2cc1C#N. The first kappa shape index (κ1) is 12.8. The minimum atomic E-state index is 0.470. The van der Waals surface area contributed by atoms with E-state index >= 15 is 0 Å². The molecule has 2 aromatic carbocycles. The summed E-state index contributed by atoms with van der Waals surface area (Å²) in [7, 11) is 1.52. The van der Waals surface area contributed by atoms with Gasteiger partial charge in [-0.05, 0) is 36.4 Å². The molecule has 0 amide bonds. The smallest absolute Gasteiger partial charge is 0.140 e. The Morgan fingerprint density at radius 2 is 1.76 bits per heavy atom. The van der Waals surface area contributed by atoms with E-state index < -0.39 is 0 Å². The topological polar surface area (TPSA) is 69.9 Å². The van der Waals surface area contributed by atoms with Crippen LogP contribution in [-0.2, 0) is 0 Å². The predicted octanol–water partition coefficient (Wildman–Crippen LogP) is 3.85. The summed E-state index contributed by atoms with van der Waals surface area (Å²) >= 11 is 0. The number of hydrogen-bond acceptors (Lipinski definition) is 4. The predicted molar refractivity (Wildman–Crippen MR) is 77.6 cm³/mol. The van der Waals surface area contributed by atoms with Crippen molar-refractivity contribution in [2.45, 2.75) is 0 Å². The summed E-state index contributed by atoms with van der Waals surface area (Å²) in [5.74, 6) is 1.18. The summed E-state index contributed by atoms with van der Waals surface area (Å²) in [6, 6.07) is 16.6. The van der Waals surface area contributed by atoms with E-state index in [9.17, 15) is 0 Å². The van der Waals surface area contributed by atoms with Gasteiger partial charge in [0, 0.05) is 17.0 Å². The number of methoxy groups -OCH3 is 1. The minimum Gasteiger partial charge on any atom is -0.495 e. The number of nitriles is 2. The largest absolute Gasteiger partial charge is 0.495 e. The Kier molecular flexibility index (Phi) is 3.06. The monoisotopic (exact) mass is 274 g/mol. The van der Waals surface area contributed by atoms with Crippen molar-refractivity contribution in [3.8, 4) is 29.2 Å². The van der Waals surface area contributed by atoms with Gasteiger partial charge in [0.05, 0.1) is 24.3 Å². The molecular weight excluding hydrogens is 264 g/mol. The maximum absolute atomic E-state index is 9.10. The van der Waals surface area contributed by atoms with E-state index in [1.807, 2.05) is 18.2 Å². The fourth-order valence-corrected chi connectivity index (χ4v) is 2.18. The third-order valence-corrected chi connectivity index (χ3v) is 3.26.